The monoisotopic (exact) mass is 554 g/mol. The fourth-order valence-corrected chi connectivity index (χ4v) is 3.73. The Morgan fingerprint density at radius 2 is 2.03 bits per heavy atom. The Labute approximate surface area is 209 Å². The van der Waals surface area contributed by atoms with Gasteiger partial charge >= 0.3 is 0 Å². The van der Waals surface area contributed by atoms with Gasteiger partial charge in [0, 0.05) is 38.0 Å². The lowest BCUT2D eigenvalue weighted by Crippen LogP contribution is -2.38. The first-order valence-electron chi connectivity index (χ1n) is 11.8. The van der Waals surface area contributed by atoms with E-state index in [4.69, 9.17) is 9.73 Å². The number of aryl methyl sites for hydroxylation is 2. The lowest BCUT2D eigenvalue weighted by atomic mass is 10.1. The summed E-state index contributed by atoms with van der Waals surface area (Å²) in [5, 5.41) is 15.6. The largest absolute Gasteiger partial charge is 0.490 e. The molecule has 2 heterocycles. The van der Waals surface area contributed by atoms with Gasteiger partial charge in [-0.3, -0.25) is 0 Å². The standard InChI is InChI=1S/C24H38N6O.HI/c1-5-19(4)31-21-16-18(3)11-12-20(21)17-27-24(25-6-2)26-14-13-23-29-28-22-10-8-7-9-15-30(22)23;/h11-12,16,19H,5-10,13-15,17H2,1-4H3,(H2,25,26,27);1H. The topological polar surface area (TPSA) is 76.4 Å². The number of halogens is 1. The van der Waals surface area contributed by atoms with Crippen LogP contribution < -0.4 is 15.4 Å². The number of fused-ring (bicyclic) bond motifs is 1. The molecule has 2 aromatic rings. The minimum absolute atomic E-state index is 0. The van der Waals surface area contributed by atoms with Gasteiger partial charge in [-0.2, -0.15) is 0 Å². The van der Waals surface area contributed by atoms with Crippen LogP contribution in [0.1, 0.15) is 69.2 Å². The van der Waals surface area contributed by atoms with Gasteiger partial charge in [0.2, 0.25) is 0 Å². The minimum atomic E-state index is 0. The molecule has 7 nitrogen and oxygen atoms in total. The quantitative estimate of drug-likeness (QED) is 0.273. The van der Waals surface area contributed by atoms with Crippen LogP contribution in [-0.2, 0) is 25.9 Å². The molecule has 0 saturated carbocycles. The average Bonchev–Trinajstić information content (AvgIpc) is 2.99. The third kappa shape index (κ3) is 7.64. The molecular weight excluding hydrogens is 515 g/mol. The van der Waals surface area contributed by atoms with Crippen molar-refractivity contribution in [1.82, 2.24) is 25.4 Å². The molecular formula is C24H39IN6O. The normalized spacial score (nSPS) is 14.7. The summed E-state index contributed by atoms with van der Waals surface area (Å²) in [5.74, 6) is 3.96. The number of hydrogen-bond donors (Lipinski definition) is 2. The molecule has 0 saturated heterocycles. The highest BCUT2D eigenvalue weighted by Crippen LogP contribution is 2.23. The molecule has 8 heteroatoms. The van der Waals surface area contributed by atoms with E-state index in [-0.39, 0.29) is 30.1 Å². The molecule has 0 spiro atoms. The highest BCUT2D eigenvalue weighted by Gasteiger charge is 2.14. The SMILES string of the molecule is CCNC(=NCc1ccc(C)cc1OC(C)CC)NCCc1nnc2n1CCCCC2.I. The number of aliphatic imine (C=N–C) groups is 1. The van der Waals surface area contributed by atoms with Crippen molar-refractivity contribution in [2.45, 2.75) is 85.4 Å². The maximum absolute atomic E-state index is 6.13. The van der Waals surface area contributed by atoms with E-state index >= 15 is 0 Å². The number of nitrogens with one attached hydrogen (secondary N) is 2. The highest BCUT2D eigenvalue weighted by atomic mass is 127. The Bertz CT molecular complexity index is 866. The van der Waals surface area contributed by atoms with Gasteiger partial charge < -0.3 is 19.9 Å². The van der Waals surface area contributed by atoms with Crippen LogP contribution in [0.25, 0.3) is 0 Å². The zero-order valence-corrected chi connectivity index (χ0v) is 22.3. The van der Waals surface area contributed by atoms with Gasteiger partial charge in [-0.05, 0) is 51.7 Å². The zero-order chi connectivity index (χ0) is 22.1. The second-order valence-electron chi connectivity index (χ2n) is 8.31. The van der Waals surface area contributed by atoms with Crippen molar-refractivity contribution >= 4 is 29.9 Å². The van der Waals surface area contributed by atoms with Crippen molar-refractivity contribution in [2.75, 3.05) is 13.1 Å². The van der Waals surface area contributed by atoms with E-state index in [9.17, 15) is 0 Å². The van der Waals surface area contributed by atoms with Crippen molar-refractivity contribution < 1.29 is 4.74 Å². The maximum Gasteiger partial charge on any atom is 0.191 e. The number of rotatable bonds is 9. The average molecular weight is 555 g/mol. The van der Waals surface area contributed by atoms with E-state index in [1.165, 1.54) is 24.8 Å². The van der Waals surface area contributed by atoms with Crippen LogP contribution in [0.2, 0.25) is 0 Å². The maximum atomic E-state index is 6.13. The fourth-order valence-electron chi connectivity index (χ4n) is 3.73. The van der Waals surface area contributed by atoms with Gasteiger partial charge in [0.15, 0.2) is 5.96 Å². The summed E-state index contributed by atoms with van der Waals surface area (Å²) in [6.07, 6.45) is 6.76. The summed E-state index contributed by atoms with van der Waals surface area (Å²) in [4.78, 5) is 4.80. The summed E-state index contributed by atoms with van der Waals surface area (Å²) in [5.41, 5.74) is 2.30. The summed E-state index contributed by atoms with van der Waals surface area (Å²) in [7, 11) is 0. The van der Waals surface area contributed by atoms with Crippen LogP contribution in [0.15, 0.2) is 23.2 Å². The molecule has 1 aliphatic heterocycles. The van der Waals surface area contributed by atoms with E-state index in [0.717, 1.165) is 67.8 Å². The minimum Gasteiger partial charge on any atom is -0.490 e. The van der Waals surface area contributed by atoms with Gasteiger partial charge in [-0.1, -0.05) is 25.5 Å². The smallest absolute Gasteiger partial charge is 0.191 e. The Balaban J connectivity index is 0.00000363. The van der Waals surface area contributed by atoms with Crippen LogP contribution in [-0.4, -0.2) is 39.9 Å². The number of nitrogens with zero attached hydrogens (tertiary/aromatic N) is 4. The summed E-state index contributed by atoms with van der Waals surface area (Å²) >= 11 is 0. The third-order valence-electron chi connectivity index (χ3n) is 5.70. The van der Waals surface area contributed by atoms with Crippen LogP contribution in [0.5, 0.6) is 5.75 Å². The van der Waals surface area contributed by atoms with Crippen molar-refractivity contribution in [3.63, 3.8) is 0 Å². The first-order chi connectivity index (χ1) is 15.1. The molecule has 0 aliphatic carbocycles. The van der Waals surface area contributed by atoms with Crippen LogP contribution in [0, 0.1) is 6.92 Å². The second kappa shape index (κ2) is 13.6. The fraction of sp³-hybridized carbons (Fsp3) is 0.625. The van der Waals surface area contributed by atoms with E-state index < -0.39 is 0 Å². The summed E-state index contributed by atoms with van der Waals surface area (Å²) in [6, 6.07) is 6.34. The number of aromatic nitrogens is 3. The predicted octanol–water partition coefficient (Wildman–Crippen LogP) is 4.41. The third-order valence-corrected chi connectivity index (χ3v) is 5.70. The van der Waals surface area contributed by atoms with Crippen LogP contribution in [0.4, 0.5) is 0 Å². The number of hydrogen-bond acceptors (Lipinski definition) is 4. The lowest BCUT2D eigenvalue weighted by molar-refractivity contribution is 0.215. The summed E-state index contributed by atoms with van der Waals surface area (Å²) < 4.78 is 8.44. The molecule has 3 rings (SSSR count). The Hall–Kier alpha value is -1.84. The zero-order valence-electron chi connectivity index (χ0n) is 20.0. The molecule has 1 aromatic heterocycles. The number of ether oxygens (including phenoxy) is 1. The van der Waals surface area contributed by atoms with Crippen molar-refractivity contribution in [3.8, 4) is 5.75 Å². The highest BCUT2D eigenvalue weighted by molar-refractivity contribution is 14.0. The van der Waals surface area contributed by atoms with E-state index in [2.05, 4.69) is 71.3 Å². The van der Waals surface area contributed by atoms with Gasteiger partial charge in [-0.15, -0.1) is 34.2 Å². The molecule has 1 aromatic carbocycles. The first-order valence-corrected chi connectivity index (χ1v) is 11.8. The number of benzene rings is 1. The number of guanidine groups is 1. The molecule has 178 valence electrons. The van der Waals surface area contributed by atoms with E-state index in [0.29, 0.717) is 6.54 Å². The molecule has 1 unspecified atom stereocenters. The molecule has 0 radical (unpaired) electrons. The second-order valence-corrected chi connectivity index (χ2v) is 8.31. The van der Waals surface area contributed by atoms with Gasteiger partial charge in [0.25, 0.3) is 0 Å². The molecule has 1 atom stereocenters. The van der Waals surface area contributed by atoms with Crippen LogP contribution in [0.3, 0.4) is 0 Å². The Morgan fingerprint density at radius 3 is 2.81 bits per heavy atom. The van der Waals surface area contributed by atoms with Crippen molar-refractivity contribution in [3.05, 3.63) is 41.0 Å². The molecule has 32 heavy (non-hydrogen) atoms. The molecule has 1 aliphatic rings. The predicted molar refractivity (Wildman–Crippen MR) is 141 cm³/mol. The van der Waals surface area contributed by atoms with Gasteiger partial charge in [-0.25, -0.2) is 4.99 Å². The van der Waals surface area contributed by atoms with Crippen LogP contribution >= 0.6 is 24.0 Å². The summed E-state index contributed by atoms with van der Waals surface area (Å²) in [6.45, 7) is 11.6. The van der Waals surface area contributed by atoms with Crippen molar-refractivity contribution in [1.29, 1.82) is 0 Å². The lowest BCUT2D eigenvalue weighted by Gasteiger charge is -2.17. The van der Waals surface area contributed by atoms with E-state index in [1.54, 1.807) is 0 Å². The van der Waals surface area contributed by atoms with E-state index in [1.807, 2.05) is 0 Å². The van der Waals surface area contributed by atoms with Crippen molar-refractivity contribution in [2.24, 2.45) is 4.99 Å². The Kier molecular flexibility index (Phi) is 11.3. The molecule has 0 fully saturated rings. The molecule has 2 N–H and O–H groups in total. The molecule has 0 amide bonds. The van der Waals surface area contributed by atoms with Gasteiger partial charge in [0.1, 0.15) is 17.4 Å². The van der Waals surface area contributed by atoms with Gasteiger partial charge in [0.05, 0.1) is 12.6 Å². The molecule has 0 bridgehead atoms. The first kappa shape index (κ1) is 26.4. The Morgan fingerprint density at radius 1 is 1.19 bits per heavy atom.